The van der Waals surface area contributed by atoms with Crippen molar-refractivity contribution < 1.29 is 5.11 Å². The van der Waals surface area contributed by atoms with Crippen LogP contribution in [0, 0.1) is 12.8 Å². The zero-order valence-corrected chi connectivity index (χ0v) is 9.46. The van der Waals surface area contributed by atoms with Gasteiger partial charge >= 0.3 is 0 Å². The molecule has 0 aliphatic rings. The standard InChI is InChI=1S/C12H17ClO/c1-9-3-5-11(6-4-9)7-10(2)12(14)8-13/h3-6,10,12,14H,7-8H2,1-2H3. The third kappa shape index (κ3) is 3.32. The summed E-state index contributed by atoms with van der Waals surface area (Å²) in [5, 5.41) is 9.51. The molecular weight excluding hydrogens is 196 g/mol. The highest BCUT2D eigenvalue weighted by atomic mass is 35.5. The monoisotopic (exact) mass is 212 g/mol. The molecule has 0 heterocycles. The van der Waals surface area contributed by atoms with Crippen molar-refractivity contribution in [3.8, 4) is 0 Å². The number of benzene rings is 1. The molecule has 0 aliphatic heterocycles. The van der Waals surface area contributed by atoms with Gasteiger partial charge in [-0.25, -0.2) is 0 Å². The molecule has 0 aliphatic carbocycles. The summed E-state index contributed by atoms with van der Waals surface area (Å²) in [5.41, 5.74) is 2.52. The Hall–Kier alpha value is -0.530. The van der Waals surface area contributed by atoms with E-state index in [-0.39, 0.29) is 5.92 Å². The first kappa shape index (κ1) is 11.5. The summed E-state index contributed by atoms with van der Waals surface area (Å²) >= 11 is 5.59. The lowest BCUT2D eigenvalue weighted by Gasteiger charge is -2.16. The lowest BCUT2D eigenvalue weighted by atomic mass is 9.96. The Morgan fingerprint density at radius 3 is 2.36 bits per heavy atom. The Morgan fingerprint density at radius 1 is 1.29 bits per heavy atom. The maximum atomic E-state index is 9.51. The maximum absolute atomic E-state index is 9.51. The Labute approximate surface area is 90.7 Å². The molecule has 1 rings (SSSR count). The molecule has 1 aromatic carbocycles. The van der Waals surface area contributed by atoms with Gasteiger partial charge in [0.15, 0.2) is 0 Å². The molecule has 0 bridgehead atoms. The van der Waals surface area contributed by atoms with Crippen LogP contribution in [0.25, 0.3) is 0 Å². The van der Waals surface area contributed by atoms with Crippen molar-refractivity contribution in [2.45, 2.75) is 26.4 Å². The summed E-state index contributed by atoms with van der Waals surface area (Å²) in [5.74, 6) is 0.530. The second-order valence-corrected chi connectivity index (χ2v) is 4.20. The van der Waals surface area contributed by atoms with Crippen molar-refractivity contribution in [2.75, 3.05) is 5.88 Å². The number of rotatable bonds is 4. The first-order chi connectivity index (χ1) is 6.63. The minimum atomic E-state index is -0.405. The molecular formula is C12H17ClO. The van der Waals surface area contributed by atoms with Crippen LogP contribution in [0.15, 0.2) is 24.3 Å². The van der Waals surface area contributed by atoms with E-state index in [0.29, 0.717) is 5.88 Å². The number of aliphatic hydroxyl groups excluding tert-OH is 1. The molecule has 1 nitrogen and oxygen atoms in total. The number of hydrogen-bond donors (Lipinski definition) is 1. The fraction of sp³-hybridized carbons (Fsp3) is 0.500. The third-order valence-electron chi connectivity index (χ3n) is 2.49. The van der Waals surface area contributed by atoms with Crippen molar-refractivity contribution in [1.82, 2.24) is 0 Å². The highest BCUT2D eigenvalue weighted by Gasteiger charge is 2.12. The Bertz CT molecular complexity index is 268. The van der Waals surface area contributed by atoms with Crippen LogP contribution in [-0.2, 0) is 6.42 Å². The van der Waals surface area contributed by atoms with Gasteiger partial charge < -0.3 is 5.11 Å². The molecule has 78 valence electrons. The lowest BCUT2D eigenvalue weighted by Crippen LogP contribution is -2.21. The third-order valence-corrected chi connectivity index (χ3v) is 2.81. The van der Waals surface area contributed by atoms with Gasteiger partial charge in [-0.2, -0.15) is 0 Å². The Kier molecular flexibility index (Phi) is 4.43. The largest absolute Gasteiger partial charge is 0.392 e. The average Bonchev–Trinajstić information content (AvgIpc) is 2.20. The van der Waals surface area contributed by atoms with Crippen molar-refractivity contribution in [3.63, 3.8) is 0 Å². The van der Waals surface area contributed by atoms with Gasteiger partial charge in [-0.1, -0.05) is 36.8 Å². The molecule has 1 aromatic rings. The lowest BCUT2D eigenvalue weighted by molar-refractivity contribution is 0.138. The van der Waals surface area contributed by atoms with Gasteiger partial charge in [0.1, 0.15) is 0 Å². The van der Waals surface area contributed by atoms with Gasteiger partial charge in [0, 0.05) is 5.88 Å². The van der Waals surface area contributed by atoms with E-state index in [1.807, 2.05) is 6.92 Å². The average molecular weight is 213 g/mol. The molecule has 1 N–H and O–H groups in total. The molecule has 2 atom stereocenters. The highest BCUT2D eigenvalue weighted by Crippen LogP contribution is 2.13. The number of aliphatic hydroxyl groups is 1. The maximum Gasteiger partial charge on any atom is 0.0704 e. The first-order valence-electron chi connectivity index (χ1n) is 4.93. The number of aryl methyl sites for hydroxylation is 1. The predicted octanol–water partition coefficient (Wildman–Crippen LogP) is 2.77. The normalized spacial score (nSPS) is 15.1. The molecule has 2 heteroatoms. The summed E-state index contributed by atoms with van der Waals surface area (Å²) in [6, 6.07) is 8.39. The summed E-state index contributed by atoms with van der Waals surface area (Å²) in [7, 11) is 0. The van der Waals surface area contributed by atoms with Gasteiger partial charge in [0.25, 0.3) is 0 Å². The van der Waals surface area contributed by atoms with Crippen molar-refractivity contribution >= 4 is 11.6 Å². The quantitative estimate of drug-likeness (QED) is 0.762. The number of halogens is 1. The van der Waals surface area contributed by atoms with Gasteiger partial charge in [0.05, 0.1) is 6.10 Å². The van der Waals surface area contributed by atoms with E-state index < -0.39 is 6.10 Å². The van der Waals surface area contributed by atoms with E-state index >= 15 is 0 Å². The molecule has 0 fully saturated rings. The smallest absolute Gasteiger partial charge is 0.0704 e. The van der Waals surface area contributed by atoms with Gasteiger partial charge in [-0.05, 0) is 24.8 Å². The second kappa shape index (κ2) is 5.38. The van der Waals surface area contributed by atoms with Crippen LogP contribution in [0.4, 0.5) is 0 Å². The zero-order chi connectivity index (χ0) is 10.6. The van der Waals surface area contributed by atoms with Gasteiger partial charge in [0.2, 0.25) is 0 Å². The van der Waals surface area contributed by atoms with Gasteiger partial charge in [-0.3, -0.25) is 0 Å². The Balaban J connectivity index is 2.56. The van der Waals surface area contributed by atoms with E-state index in [4.69, 9.17) is 11.6 Å². The molecule has 0 amide bonds. The SMILES string of the molecule is Cc1ccc(CC(C)C(O)CCl)cc1. The predicted molar refractivity (Wildman–Crippen MR) is 60.8 cm³/mol. The van der Waals surface area contributed by atoms with E-state index in [9.17, 15) is 5.11 Å². The van der Waals surface area contributed by atoms with Crippen LogP contribution in [0.3, 0.4) is 0 Å². The van der Waals surface area contributed by atoms with E-state index in [2.05, 4.69) is 31.2 Å². The Morgan fingerprint density at radius 2 is 1.86 bits per heavy atom. The molecule has 0 spiro atoms. The van der Waals surface area contributed by atoms with Crippen LogP contribution in [0.1, 0.15) is 18.1 Å². The molecule has 14 heavy (non-hydrogen) atoms. The first-order valence-corrected chi connectivity index (χ1v) is 5.46. The summed E-state index contributed by atoms with van der Waals surface area (Å²) < 4.78 is 0. The minimum Gasteiger partial charge on any atom is -0.392 e. The highest BCUT2D eigenvalue weighted by molar-refractivity contribution is 6.18. The number of alkyl halides is 1. The van der Waals surface area contributed by atoms with E-state index in [1.54, 1.807) is 0 Å². The molecule has 2 unspecified atom stereocenters. The fourth-order valence-corrected chi connectivity index (χ4v) is 1.69. The van der Waals surface area contributed by atoms with E-state index in [0.717, 1.165) is 6.42 Å². The molecule has 0 saturated heterocycles. The van der Waals surface area contributed by atoms with E-state index in [1.165, 1.54) is 11.1 Å². The minimum absolute atomic E-state index is 0.218. The molecule has 0 saturated carbocycles. The van der Waals surface area contributed by atoms with Crippen LogP contribution >= 0.6 is 11.6 Å². The van der Waals surface area contributed by atoms with Crippen LogP contribution < -0.4 is 0 Å². The zero-order valence-electron chi connectivity index (χ0n) is 8.70. The van der Waals surface area contributed by atoms with Crippen LogP contribution in [-0.4, -0.2) is 17.1 Å². The van der Waals surface area contributed by atoms with Crippen molar-refractivity contribution in [2.24, 2.45) is 5.92 Å². The van der Waals surface area contributed by atoms with Crippen LogP contribution in [0.2, 0.25) is 0 Å². The number of hydrogen-bond acceptors (Lipinski definition) is 1. The van der Waals surface area contributed by atoms with Crippen LogP contribution in [0.5, 0.6) is 0 Å². The summed E-state index contributed by atoms with van der Waals surface area (Å²) in [6.45, 7) is 4.09. The van der Waals surface area contributed by atoms with Gasteiger partial charge in [-0.15, -0.1) is 11.6 Å². The second-order valence-electron chi connectivity index (χ2n) is 3.89. The van der Waals surface area contributed by atoms with Crippen molar-refractivity contribution in [3.05, 3.63) is 35.4 Å². The summed E-state index contributed by atoms with van der Waals surface area (Å²) in [4.78, 5) is 0. The molecule has 0 radical (unpaired) electrons. The summed E-state index contributed by atoms with van der Waals surface area (Å²) in [6.07, 6.45) is 0.478. The topological polar surface area (TPSA) is 20.2 Å². The molecule has 0 aromatic heterocycles. The van der Waals surface area contributed by atoms with Crippen molar-refractivity contribution in [1.29, 1.82) is 0 Å². The fourth-order valence-electron chi connectivity index (χ4n) is 1.38.